The molecule has 0 saturated heterocycles. The lowest BCUT2D eigenvalue weighted by atomic mass is 9.88. The number of ether oxygens (including phenoxy) is 1. The molecule has 2 N–H and O–H groups in total. The zero-order valence-corrected chi connectivity index (χ0v) is 9.55. The summed E-state index contributed by atoms with van der Waals surface area (Å²) < 4.78 is 5.53. The van der Waals surface area contributed by atoms with Gasteiger partial charge in [-0.15, -0.1) is 0 Å². The first-order chi connectivity index (χ1) is 6.02. The molecular weight excluding hydrogens is 162 g/mol. The number of methoxy groups -OCH3 is 1. The van der Waals surface area contributed by atoms with Gasteiger partial charge in [0.1, 0.15) is 0 Å². The Hall–Kier alpha value is -0.340. The van der Waals surface area contributed by atoms with Crippen molar-refractivity contribution in [1.29, 1.82) is 0 Å². The molecule has 0 aliphatic rings. The molecule has 0 amide bonds. The summed E-state index contributed by atoms with van der Waals surface area (Å²) in [6.45, 7) is 8.36. The molecule has 0 heterocycles. The van der Waals surface area contributed by atoms with Crippen molar-refractivity contribution < 1.29 is 4.74 Å². The van der Waals surface area contributed by atoms with Crippen LogP contribution >= 0.6 is 0 Å². The molecule has 0 aliphatic heterocycles. The van der Waals surface area contributed by atoms with Crippen LogP contribution in [0.2, 0.25) is 0 Å². The summed E-state index contributed by atoms with van der Waals surface area (Å²) in [7, 11) is 1.74. The number of rotatable bonds is 5. The van der Waals surface area contributed by atoms with Gasteiger partial charge in [0.15, 0.2) is 0 Å². The van der Waals surface area contributed by atoms with E-state index in [1.165, 1.54) is 5.57 Å². The van der Waals surface area contributed by atoms with Gasteiger partial charge in [-0.1, -0.05) is 25.5 Å². The van der Waals surface area contributed by atoms with Crippen LogP contribution in [0, 0.1) is 0 Å². The summed E-state index contributed by atoms with van der Waals surface area (Å²) in [5, 5.41) is 0. The topological polar surface area (TPSA) is 35.2 Å². The van der Waals surface area contributed by atoms with Gasteiger partial charge >= 0.3 is 0 Å². The first kappa shape index (κ1) is 12.7. The third-order valence-electron chi connectivity index (χ3n) is 2.72. The van der Waals surface area contributed by atoms with Crippen molar-refractivity contribution in [2.24, 2.45) is 5.73 Å². The van der Waals surface area contributed by atoms with E-state index in [-0.39, 0.29) is 11.6 Å². The Kier molecular flexibility index (Phi) is 5.26. The van der Waals surface area contributed by atoms with Crippen LogP contribution in [0.5, 0.6) is 0 Å². The lowest BCUT2D eigenvalue weighted by molar-refractivity contribution is -0.0266. The molecule has 2 heteroatoms. The van der Waals surface area contributed by atoms with E-state index >= 15 is 0 Å². The maximum Gasteiger partial charge on any atom is 0.0859 e. The Balaban J connectivity index is 4.63. The van der Waals surface area contributed by atoms with Gasteiger partial charge in [-0.25, -0.2) is 0 Å². The molecule has 13 heavy (non-hydrogen) atoms. The summed E-state index contributed by atoms with van der Waals surface area (Å²) in [5.74, 6) is 0. The quantitative estimate of drug-likeness (QED) is 0.668. The van der Waals surface area contributed by atoms with Crippen molar-refractivity contribution >= 4 is 0 Å². The second kappa shape index (κ2) is 5.40. The van der Waals surface area contributed by atoms with Crippen LogP contribution in [-0.4, -0.2) is 18.8 Å². The van der Waals surface area contributed by atoms with Crippen molar-refractivity contribution in [2.75, 3.05) is 7.11 Å². The van der Waals surface area contributed by atoms with E-state index in [0.717, 1.165) is 12.8 Å². The van der Waals surface area contributed by atoms with Crippen LogP contribution in [0.1, 0.15) is 40.5 Å². The van der Waals surface area contributed by atoms with E-state index in [4.69, 9.17) is 10.5 Å². The summed E-state index contributed by atoms with van der Waals surface area (Å²) in [6, 6.07) is -0.00231. The van der Waals surface area contributed by atoms with Crippen LogP contribution < -0.4 is 5.73 Å². The van der Waals surface area contributed by atoms with Crippen LogP contribution in [0.4, 0.5) is 0 Å². The number of nitrogens with two attached hydrogens (primary N) is 1. The maximum absolute atomic E-state index is 6.08. The first-order valence-electron chi connectivity index (χ1n) is 4.98. The van der Waals surface area contributed by atoms with Crippen molar-refractivity contribution in [3.8, 4) is 0 Å². The third-order valence-corrected chi connectivity index (χ3v) is 2.72. The lowest BCUT2D eigenvalue weighted by Crippen LogP contribution is -2.47. The van der Waals surface area contributed by atoms with Gasteiger partial charge in [0.05, 0.1) is 11.6 Å². The Morgan fingerprint density at radius 1 is 1.38 bits per heavy atom. The monoisotopic (exact) mass is 185 g/mol. The molecule has 78 valence electrons. The maximum atomic E-state index is 6.08. The second-order valence-electron chi connectivity index (χ2n) is 3.75. The predicted octanol–water partition coefficient (Wildman–Crippen LogP) is 2.49. The zero-order valence-electron chi connectivity index (χ0n) is 9.55. The Morgan fingerprint density at radius 2 is 1.85 bits per heavy atom. The highest BCUT2D eigenvalue weighted by Crippen LogP contribution is 2.24. The van der Waals surface area contributed by atoms with Crippen molar-refractivity contribution in [2.45, 2.75) is 52.2 Å². The largest absolute Gasteiger partial charge is 0.376 e. The summed E-state index contributed by atoms with van der Waals surface area (Å²) in [5.41, 5.74) is 7.15. The molecule has 0 radical (unpaired) electrons. The highest BCUT2D eigenvalue weighted by atomic mass is 16.5. The first-order valence-corrected chi connectivity index (χ1v) is 4.98. The van der Waals surface area contributed by atoms with E-state index in [1.54, 1.807) is 7.11 Å². The second-order valence-corrected chi connectivity index (χ2v) is 3.75. The average Bonchev–Trinajstić information content (AvgIpc) is 2.07. The molecule has 1 atom stereocenters. The fraction of sp³-hybridized carbons (Fsp3) is 0.818. The van der Waals surface area contributed by atoms with Crippen molar-refractivity contribution in [3.05, 3.63) is 11.6 Å². The number of hydrogen-bond acceptors (Lipinski definition) is 2. The van der Waals surface area contributed by atoms with E-state index < -0.39 is 0 Å². The summed E-state index contributed by atoms with van der Waals surface area (Å²) in [6.07, 6.45) is 3.98. The van der Waals surface area contributed by atoms with Gasteiger partial charge in [0, 0.05) is 7.11 Å². The van der Waals surface area contributed by atoms with Gasteiger partial charge < -0.3 is 10.5 Å². The molecule has 0 aromatic heterocycles. The smallest absolute Gasteiger partial charge is 0.0859 e. The van der Waals surface area contributed by atoms with Gasteiger partial charge in [0.2, 0.25) is 0 Å². The van der Waals surface area contributed by atoms with Crippen molar-refractivity contribution in [1.82, 2.24) is 0 Å². The highest BCUT2D eigenvalue weighted by Gasteiger charge is 2.31. The van der Waals surface area contributed by atoms with E-state index in [1.807, 2.05) is 0 Å². The van der Waals surface area contributed by atoms with Gasteiger partial charge in [0.25, 0.3) is 0 Å². The van der Waals surface area contributed by atoms with Crippen LogP contribution in [0.15, 0.2) is 11.6 Å². The molecule has 0 aromatic carbocycles. The fourth-order valence-electron chi connectivity index (χ4n) is 1.66. The molecule has 0 spiro atoms. The zero-order chi connectivity index (χ0) is 10.5. The summed E-state index contributed by atoms with van der Waals surface area (Å²) >= 11 is 0. The van der Waals surface area contributed by atoms with Gasteiger partial charge in [-0.3, -0.25) is 0 Å². The molecule has 0 bridgehead atoms. The summed E-state index contributed by atoms with van der Waals surface area (Å²) in [4.78, 5) is 0. The minimum Gasteiger partial charge on any atom is -0.376 e. The van der Waals surface area contributed by atoms with Crippen molar-refractivity contribution in [3.63, 3.8) is 0 Å². The molecule has 0 fully saturated rings. The standard InChI is InChI=1S/C11H23NO/c1-6-11(7-2,13-5)10(12)8-9(3)4/h8,10H,6-7,12H2,1-5H3. The lowest BCUT2D eigenvalue weighted by Gasteiger charge is -2.34. The Bertz CT molecular complexity index is 159. The molecule has 0 saturated carbocycles. The molecule has 0 aromatic rings. The minimum atomic E-state index is -0.183. The van der Waals surface area contributed by atoms with Gasteiger partial charge in [-0.05, 0) is 26.7 Å². The molecule has 2 nitrogen and oxygen atoms in total. The Labute approximate surface area is 82.2 Å². The van der Waals surface area contributed by atoms with E-state index in [2.05, 4.69) is 33.8 Å². The molecule has 0 aliphatic carbocycles. The SMILES string of the molecule is CCC(CC)(OC)C(N)C=C(C)C. The minimum absolute atomic E-state index is 0.00231. The van der Waals surface area contributed by atoms with Crippen LogP contribution in [0.25, 0.3) is 0 Å². The van der Waals surface area contributed by atoms with Crippen LogP contribution in [-0.2, 0) is 4.74 Å². The van der Waals surface area contributed by atoms with Crippen LogP contribution in [0.3, 0.4) is 0 Å². The van der Waals surface area contributed by atoms with Gasteiger partial charge in [-0.2, -0.15) is 0 Å². The van der Waals surface area contributed by atoms with E-state index in [9.17, 15) is 0 Å². The number of allylic oxidation sites excluding steroid dienone is 1. The third kappa shape index (κ3) is 3.12. The molecule has 1 unspecified atom stereocenters. The molecular formula is C11H23NO. The molecule has 0 rings (SSSR count). The fourth-order valence-corrected chi connectivity index (χ4v) is 1.66. The normalized spacial score (nSPS) is 14.0. The van der Waals surface area contributed by atoms with E-state index in [0.29, 0.717) is 0 Å². The number of hydrogen-bond donors (Lipinski definition) is 1. The Morgan fingerprint density at radius 3 is 2.08 bits per heavy atom. The highest BCUT2D eigenvalue weighted by molar-refractivity contribution is 5.07. The average molecular weight is 185 g/mol. The predicted molar refractivity (Wildman–Crippen MR) is 57.7 cm³/mol.